The fourth-order valence-electron chi connectivity index (χ4n) is 0.951. The predicted molar refractivity (Wildman–Crippen MR) is 57.8 cm³/mol. The van der Waals surface area contributed by atoms with E-state index in [0.29, 0.717) is 16.7 Å². The molecule has 15 heavy (non-hydrogen) atoms. The van der Waals surface area contributed by atoms with Crippen LogP contribution in [0.1, 0.15) is 13.3 Å². The van der Waals surface area contributed by atoms with Crippen LogP contribution in [0.25, 0.3) is 0 Å². The Morgan fingerprint density at radius 3 is 2.47 bits per heavy atom. The summed E-state index contributed by atoms with van der Waals surface area (Å²) >= 11 is 0.673. The summed E-state index contributed by atoms with van der Waals surface area (Å²) in [6, 6.07) is 8.63. The van der Waals surface area contributed by atoms with Crippen molar-refractivity contribution in [3.05, 3.63) is 41.3 Å². The zero-order valence-electron chi connectivity index (χ0n) is 8.28. The smallest absolute Gasteiger partial charge is 0.195 e. The fraction of sp³-hybridized carbons (Fsp3) is 0.273. The number of aliphatic hydroxyl groups excluding tert-OH is 1. The maximum absolute atomic E-state index is 13.2. The summed E-state index contributed by atoms with van der Waals surface area (Å²) in [5.74, 6) is -1.09. The lowest BCUT2D eigenvalue weighted by Gasteiger charge is -2.05. The number of aliphatic hydroxyl groups is 1. The second-order valence-electron chi connectivity index (χ2n) is 2.96. The van der Waals surface area contributed by atoms with Crippen LogP contribution in [0.5, 0.6) is 0 Å². The Bertz CT molecular complexity index is 338. The number of hydrogen-bond acceptors (Lipinski definition) is 2. The van der Waals surface area contributed by atoms with Crippen LogP contribution in [0.15, 0.2) is 46.2 Å². The van der Waals surface area contributed by atoms with Gasteiger partial charge in [0.15, 0.2) is 11.0 Å². The van der Waals surface area contributed by atoms with Crippen LogP contribution in [0.4, 0.5) is 8.78 Å². The average Bonchev–Trinajstić information content (AvgIpc) is 2.28. The molecule has 0 spiro atoms. The molecule has 0 bridgehead atoms. The van der Waals surface area contributed by atoms with Gasteiger partial charge in [0, 0.05) is 4.90 Å². The highest BCUT2D eigenvalue weighted by molar-refractivity contribution is 8.02. The van der Waals surface area contributed by atoms with E-state index in [1.807, 2.05) is 0 Å². The van der Waals surface area contributed by atoms with E-state index in [2.05, 4.69) is 0 Å². The quantitative estimate of drug-likeness (QED) is 0.796. The lowest BCUT2D eigenvalue weighted by Crippen LogP contribution is -2.05. The van der Waals surface area contributed by atoms with Gasteiger partial charge < -0.3 is 5.11 Å². The summed E-state index contributed by atoms with van der Waals surface area (Å²) in [7, 11) is 0. The zero-order valence-corrected chi connectivity index (χ0v) is 9.10. The third-order valence-corrected chi connectivity index (χ3v) is 2.70. The van der Waals surface area contributed by atoms with Crippen LogP contribution in [-0.2, 0) is 0 Å². The van der Waals surface area contributed by atoms with Gasteiger partial charge >= 0.3 is 0 Å². The summed E-state index contributed by atoms with van der Waals surface area (Å²) < 4.78 is 26.3. The molecular formula is C11H12F2OS. The number of rotatable bonds is 4. The van der Waals surface area contributed by atoms with E-state index < -0.39 is 17.1 Å². The molecule has 0 saturated carbocycles. The van der Waals surface area contributed by atoms with E-state index in [1.54, 1.807) is 37.3 Å². The molecule has 1 rings (SSSR count). The molecule has 0 saturated heterocycles. The van der Waals surface area contributed by atoms with Gasteiger partial charge in [-0.2, -0.15) is 4.39 Å². The molecule has 1 unspecified atom stereocenters. The number of halogens is 2. The Labute approximate surface area is 91.8 Å². The van der Waals surface area contributed by atoms with Gasteiger partial charge in [-0.1, -0.05) is 36.9 Å². The van der Waals surface area contributed by atoms with E-state index in [9.17, 15) is 8.78 Å². The van der Waals surface area contributed by atoms with Crippen molar-refractivity contribution in [3.63, 3.8) is 0 Å². The van der Waals surface area contributed by atoms with Crippen molar-refractivity contribution in [1.82, 2.24) is 0 Å². The van der Waals surface area contributed by atoms with Gasteiger partial charge in [-0.25, -0.2) is 4.39 Å². The van der Waals surface area contributed by atoms with Crippen molar-refractivity contribution in [2.45, 2.75) is 24.3 Å². The normalized spacial score (nSPS) is 14.7. The summed E-state index contributed by atoms with van der Waals surface area (Å²) in [6.45, 7) is 1.59. The molecular weight excluding hydrogens is 218 g/mol. The lowest BCUT2D eigenvalue weighted by atomic mass is 10.3. The summed E-state index contributed by atoms with van der Waals surface area (Å²) in [6.07, 6.45) is -1.18. The monoisotopic (exact) mass is 230 g/mol. The SMILES string of the molecule is CCC(O)/C(F)=C(\F)Sc1ccccc1. The minimum Gasteiger partial charge on any atom is -0.386 e. The first-order chi connectivity index (χ1) is 7.15. The molecule has 0 fully saturated rings. The number of thioether (sulfide) groups is 1. The van der Waals surface area contributed by atoms with Gasteiger partial charge in [0.2, 0.25) is 0 Å². The van der Waals surface area contributed by atoms with E-state index in [4.69, 9.17) is 5.11 Å². The largest absolute Gasteiger partial charge is 0.386 e. The van der Waals surface area contributed by atoms with Gasteiger partial charge in [0.1, 0.15) is 6.10 Å². The third kappa shape index (κ3) is 3.64. The molecule has 4 heteroatoms. The van der Waals surface area contributed by atoms with Crippen LogP contribution >= 0.6 is 11.8 Å². The minimum absolute atomic E-state index is 0.161. The van der Waals surface area contributed by atoms with E-state index in [1.165, 1.54) is 0 Å². The van der Waals surface area contributed by atoms with Crippen LogP contribution in [0, 0.1) is 0 Å². The molecule has 0 amide bonds. The molecule has 1 nitrogen and oxygen atoms in total. The average molecular weight is 230 g/mol. The van der Waals surface area contributed by atoms with Crippen LogP contribution in [0.3, 0.4) is 0 Å². The Kier molecular flexibility index (Phi) is 4.78. The molecule has 1 aromatic rings. The molecule has 1 N–H and O–H groups in total. The first kappa shape index (κ1) is 12.2. The van der Waals surface area contributed by atoms with E-state index >= 15 is 0 Å². The van der Waals surface area contributed by atoms with Crippen molar-refractivity contribution in [2.24, 2.45) is 0 Å². The minimum atomic E-state index is -1.35. The summed E-state index contributed by atoms with van der Waals surface area (Å²) in [5, 5.41) is 8.11. The number of benzene rings is 1. The van der Waals surface area contributed by atoms with Gasteiger partial charge in [0.25, 0.3) is 0 Å². The Hall–Kier alpha value is -0.870. The van der Waals surface area contributed by atoms with Crippen molar-refractivity contribution >= 4 is 11.8 Å². The second-order valence-corrected chi connectivity index (χ2v) is 3.99. The molecule has 1 aromatic carbocycles. The van der Waals surface area contributed by atoms with Crippen LogP contribution in [-0.4, -0.2) is 11.2 Å². The number of hydrogen-bond donors (Lipinski definition) is 1. The van der Waals surface area contributed by atoms with Crippen molar-refractivity contribution in [2.75, 3.05) is 0 Å². The highest BCUT2D eigenvalue weighted by Crippen LogP contribution is 2.31. The van der Waals surface area contributed by atoms with Gasteiger partial charge in [-0.15, -0.1) is 0 Å². The van der Waals surface area contributed by atoms with Crippen molar-refractivity contribution < 1.29 is 13.9 Å². The van der Waals surface area contributed by atoms with Crippen LogP contribution < -0.4 is 0 Å². The third-order valence-electron chi connectivity index (χ3n) is 1.82. The van der Waals surface area contributed by atoms with E-state index in [-0.39, 0.29) is 6.42 Å². The molecule has 0 heterocycles. The predicted octanol–water partition coefficient (Wildman–Crippen LogP) is 3.66. The first-order valence-electron chi connectivity index (χ1n) is 4.61. The molecule has 0 radical (unpaired) electrons. The molecule has 82 valence electrons. The molecule has 0 aromatic heterocycles. The Morgan fingerprint density at radius 1 is 1.33 bits per heavy atom. The highest BCUT2D eigenvalue weighted by atomic mass is 32.2. The Morgan fingerprint density at radius 2 is 1.93 bits per heavy atom. The zero-order chi connectivity index (χ0) is 11.3. The van der Waals surface area contributed by atoms with Gasteiger partial charge in [-0.3, -0.25) is 0 Å². The summed E-state index contributed by atoms with van der Waals surface area (Å²) in [5.41, 5.74) is 0. The molecule has 1 atom stereocenters. The van der Waals surface area contributed by atoms with Crippen LogP contribution in [0.2, 0.25) is 0 Å². The Balaban J connectivity index is 2.74. The van der Waals surface area contributed by atoms with Gasteiger partial charge in [0.05, 0.1) is 0 Å². The summed E-state index contributed by atoms with van der Waals surface area (Å²) in [4.78, 5) is 0.605. The molecule has 0 aliphatic heterocycles. The van der Waals surface area contributed by atoms with E-state index in [0.717, 1.165) is 0 Å². The lowest BCUT2D eigenvalue weighted by molar-refractivity contribution is 0.175. The fourth-order valence-corrected chi connectivity index (χ4v) is 1.68. The standard InChI is InChI=1S/C11H12F2OS/c1-2-9(14)10(12)11(13)15-8-6-4-3-5-7-8/h3-7,9,14H,2H2,1H3/b11-10-. The molecule has 0 aliphatic carbocycles. The maximum Gasteiger partial charge on any atom is 0.195 e. The topological polar surface area (TPSA) is 20.2 Å². The van der Waals surface area contributed by atoms with Gasteiger partial charge in [-0.05, 0) is 18.6 Å². The van der Waals surface area contributed by atoms with Crippen molar-refractivity contribution in [1.29, 1.82) is 0 Å². The van der Waals surface area contributed by atoms with Crippen molar-refractivity contribution in [3.8, 4) is 0 Å². The highest BCUT2D eigenvalue weighted by Gasteiger charge is 2.15. The first-order valence-corrected chi connectivity index (χ1v) is 5.43. The molecule has 0 aliphatic rings. The maximum atomic E-state index is 13.2. The second kappa shape index (κ2) is 5.88.